The van der Waals surface area contributed by atoms with Gasteiger partial charge in [-0.2, -0.15) is 0 Å². The molecule has 20 heavy (non-hydrogen) atoms. The van der Waals surface area contributed by atoms with E-state index in [2.05, 4.69) is 6.92 Å². The zero-order valence-corrected chi connectivity index (χ0v) is 12.1. The molecular formula is C16H23FN2O. The lowest BCUT2D eigenvalue weighted by Crippen LogP contribution is -2.30. The van der Waals surface area contributed by atoms with Crippen LogP contribution in [0.5, 0.6) is 0 Å². The van der Waals surface area contributed by atoms with Gasteiger partial charge in [-0.25, -0.2) is 4.39 Å². The number of amides is 1. The van der Waals surface area contributed by atoms with Gasteiger partial charge in [-0.3, -0.25) is 4.79 Å². The molecule has 2 rings (SSSR count). The summed E-state index contributed by atoms with van der Waals surface area (Å²) in [6, 6.07) is 4.90. The topological polar surface area (TPSA) is 46.3 Å². The molecule has 1 aliphatic heterocycles. The van der Waals surface area contributed by atoms with E-state index in [9.17, 15) is 9.18 Å². The lowest BCUT2D eigenvalue weighted by Gasteiger charge is -2.21. The van der Waals surface area contributed by atoms with Gasteiger partial charge in [0.25, 0.3) is 0 Å². The number of hydrogen-bond donors (Lipinski definition) is 1. The standard InChI is InChI=1S/C16H23FN2O/c1-2-12-4-6-16(20)19(8-7-12)11-14-9-13(10-18)3-5-15(14)17/h3,5,9,12H,2,4,6-8,10-11,18H2,1H3. The van der Waals surface area contributed by atoms with E-state index in [1.807, 2.05) is 0 Å². The zero-order chi connectivity index (χ0) is 14.5. The van der Waals surface area contributed by atoms with Crippen molar-refractivity contribution in [3.8, 4) is 0 Å². The Hall–Kier alpha value is -1.42. The molecule has 0 aliphatic carbocycles. The Kier molecular flexibility index (Phi) is 5.12. The predicted molar refractivity (Wildman–Crippen MR) is 77.3 cm³/mol. The molecule has 0 bridgehead atoms. The first kappa shape index (κ1) is 15.0. The minimum atomic E-state index is -0.258. The van der Waals surface area contributed by atoms with Crippen LogP contribution in [0.3, 0.4) is 0 Å². The molecule has 1 amide bonds. The van der Waals surface area contributed by atoms with Crippen molar-refractivity contribution in [3.05, 3.63) is 35.1 Å². The van der Waals surface area contributed by atoms with Crippen LogP contribution in [0.4, 0.5) is 4.39 Å². The van der Waals surface area contributed by atoms with Gasteiger partial charge in [0.1, 0.15) is 5.82 Å². The van der Waals surface area contributed by atoms with Crippen LogP contribution in [0.2, 0.25) is 0 Å². The van der Waals surface area contributed by atoms with E-state index in [0.29, 0.717) is 31.0 Å². The summed E-state index contributed by atoms with van der Waals surface area (Å²) < 4.78 is 13.9. The van der Waals surface area contributed by atoms with Crippen LogP contribution in [0, 0.1) is 11.7 Å². The van der Waals surface area contributed by atoms with E-state index in [4.69, 9.17) is 5.73 Å². The molecule has 1 unspecified atom stereocenters. The van der Waals surface area contributed by atoms with Crippen molar-refractivity contribution in [3.63, 3.8) is 0 Å². The van der Waals surface area contributed by atoms with Crippen LogP contribution in [-0.4, -0.2) is 17.4 Å². The minimum absolute atomic E-state index is 0.138. The number of benzene rings is 1. The van der Waals surface area contributed by atoms with Gasteiger partial charge in [0.2, 0.25) is 5.91 Å². The third-order valence-corrected chi connectivity index (χ3v) is 4.21. The van der Waals surface area contributed by atoms with Gasteiger partial charge in [-0.1, -0.05) is 19.4 Å². The van der Waals surface area contributed by atoms with Crippen molar-refractivity contribution >= 4 is 5.91 Å². The van der Waals surface area contributed by atoms with Gasteiger partial charge in [0, 0.05) is 31.6 Å². The first-order valence-electron chi connectivity index (χ1n) is 7.39. The summed E-state index contributed by atoms with van der Waals surface area (Å²) >= 11 is 0. The van der Waals surface area contributed by atoms with Gasteiger partial charge >= 0.3 is 0 Å². The fourth-order valence-electron chi connectivity index (χ4n) is 2.75. The predicted octanol–water partition coefficient (Wildman–Crippen LogP) is 2.82. The fourth-order valence-corrected chi connectivity index (χ4v) is 2.75. The second-order valence-electron chi connectivity index (χ2n) is 5.55. The molecule has 0 spiro atoms. The van der Waals surface area contributed by atoms with Crippen LogP contribution in [0.25, 0.3) is 0 Å². The Morgan fingerprint density at radius 1 is 1.40 bits per heavy atom. The Morgan fingerprint density at radius 3 is 2.90 bits per heavy atom. The minimum Gasteiger partial charge on any atom is -0.338 e. The molecule has 1 heterocycles. The highest BCUT2D eigenvalue weighted by Gasteiger charge is 2.22. The molecule has 0 saturated carbocycles. The number of nitrogens with two attached hydrogens (primary N) is 1. The smallest absolute Gasteiger partial charge is 0.222 e. The largest absolute Gasteiger partial charge is 0.338 e. The molecule has 4 heteroatoms. The summed E-state index contributed by atoms with van der Waals surface area (Å²) in [6.45, 7) is 3.63. The van der Waals surface area contributed by atoms with Gasteiger partial charge < -0.3 is 10.6 Å². The highest BCUT2D eigenvalue weighted by molar-refractivity contribution is 5.76. The highest BCUT2D eigenvalue weighted by Crippen LogP contribution is 2.23. The monoisotopic (exact) mass is 278 g/mol. The molecule has 0 radical (unpaired) electrons. The fraction of sp³-hybridized carbons (Fsp3) is 0.562. The Labute approximate surface area is 120 Å². The Balaban J connectivity index is 2.10. The van der Waals surface area contributed by atoms with Gasteiger partial charge in [-0.15, -0.1) is 0 Å². The van der Waals surface area contributed by atoms with Crippen LogP contribution in [-0.2, 0) is 17.9 Å². The summed E-state index contributed by atoms with van der Waals surface area (Å²) in [4.78, 5) is 13.9. The van der Waals surface area contributed by atoms with Crippen molar-refractivity contribution in [1.82, 2.24) is 4.90 Å². The van der Waals surface area contributed by atoms with E-state index in [0.717, 1.165) is 31.4 Å². The Bertz CT molecular complexity index is 476. The zero-order valence-electron chi connectivity index (χ0n) is 12.1. The molecule has 1 aliphatic rings. The summed E-state index contributed by atoms with van der Waals surface area (Å²) in [7, 11) is 0. The summed E-state index contributed by atoms with van der Waals surface area (Å²) in [6.07, 6.45) is 3.66. The number of halogens is 1. The second kappa shape index (κ2) is 6.84. The molecule has 2 N–H and O–H groups in total. The maximum Gasteiger partial charge on any atom is 0.222 e. The maximum absolute atomic E-state index is 13.9. The van der Waals surface area contributed by atoms with E-state index in [1.54, 1.807) is 17.0 Å². The molecular weight excluding hydrogens is 255 g/mol. The summed E-state index contributed by atoms with van der Waals surface area (Å²) in [5.41, 5.74) is 7.05. The number of likely N-dealkylation sites (tertiary alicyclic amines) is 1. The number of rotatable bonds is 4. The lowest BCUT2D eigenvalue weighted by atomic mass is 9.98. The molecule has 1 aromatic rings. The van der Waals surface area contributed by atoms with Crippen LogP contribution < -0.4 is 5.73 Å². The van der Waals surface area contributed by atoms with Crippen molar-refractivity contribution < 1.29 is 9.18 Å². The van der Waals surface area contributed by atoms with Crippen molar-refractivity contribution in [2.24, 2.45) is 11.7 Å². The van der Waals surface area contributed by atoms with Gasteiger partial charge in [-0.05, 0) is 36.5 Å². The number of hydrogen-bond acceptors (Lipinski definition) is 2. The second-order valence-corrected chi connectivity index (χ2v) is 5.55. The average molecular weight is 278 g/mol. The van der Waals surface area contributed by atoms with E-state index < -0.39 is 0 Å². The van der Waals surface area contributed by atoms with Crippen LogP contribution >= 0.6 is 0 Å². The van der Waals surface area contributed by atoms with Crippen LogP contribution in [0.1, 0.15) is 43.7 Å². The Morgan fingerprint density at radius 2 is 2.20 bits per heavy atom. The summed E-state index contributed by atoms with van der Waals surface area (Å²) in [5, 5.41) is 0. The maximum atomic E-state index is 13.9. The average Bonchev–Trinajstić information content (AvgIpc) is 2.64. The quantitative estimate of drug-likeness (QED) is 0.920. The summed E-state index contributed by atoms with van der Waals surface area (Å²) in [5.74, 6) is 0.494. The SMILES string of the molecule is CCC1CCC(=O)N(Cc2cc(CN)ccc2F)CC1. The third kappa shape index (κ3) is 3.57. The third-order valence-electron chi connectivity index (χ3n) is 4.21. The molecule has 1 saturated heterocycles. The molecule has 0 aromatic heterocycles. The van der Waals surface area contributed by atoms with E-state index in [1.165, 1.54) is 6.07 Å². The molecule has 110 valence electrons. The molecule has 3 nitrogen and oxygen atoms in total. The first-order valence-corrected chi connectivity index (χ1v) is 7.39. The number of carbonyl (C=O) groups is 1. The molecule has 1 aromatic carbocycles. The number of carbonyl (C=O) groups excluding carboxylic acids is 1. The van der Waals surface area contributed by atoms with E-state index >= 15 is 0 Å². The van der Waals surface area contributed by atoms with Gasteiger partial charge in [0.05, 0.1) is 0 Å². The normalized spacial score (nSPS) is 20.1. The van der Waals surface area contributed by atoms with E-state index in [-0.39, 0.29) is 11.7 Å². The van der Waals surface area contributed by atoms with Crippen LogP contribution in [0.15, 0.2) is 18.2 Å². The number of nitrogens with zero attached hydrogens (tertiary/aromatic N) is 1. The van der Waals surface area contributed by atoms with Crippen molar-refractivity contribution in [1.29, 1.82) is 0 Å². The first-order chi connectivity index (χ1) is 9.63. The van der Waals surface area contributed by atoms with Crippen molar-refractivity contribution in [2.75, 3.05) is 6.54 Å². The molecule has 1 fully saturated rings. The van der Waals surface area contributed by atoms with Gasteiger partial charge in [0.15, 0.2) is 0 Å². The highest BCUT2D eigenvalue weighted by atomic mass is 19.1. The van der Waals surface area contributed by atoms with Crippen molar-refractivity contribution in [2.45, 2.75) is 45.7 Å². The molecule has 1 atom stereocenters. The lowest BCUT2D eigenvalue weighted by molar-refractivity contribution is -0.131.